The summed E-state index contributed by atoms with van der Waals surface area (Å²) in [7, 11) is 0. The monoisotopic (exact) mass is 668 g/mol. The molecule has 2 aliphatic heterocycles. The van der Waals surface area contributed by atoms with Crippen molar-refractivity contribution in [1.29, 1.82) is 5.26 Å². The lowest BCUT2D eigenvalue weighted by molar-refractivity contribution is 0.174. The second-order valence-electron chi connectivity index (χ2n) is 7.40. The number of benzene rings is 3. The maximum absolute atomic E-state index is 13.2. The summed E-state index contributed by atoms with van der Waals surface area (Å²) in [5.41, 5.74) is 8.96. The molecular formula is C24H15FI2N2O4. The second kappa shape index (κ2) is 8.90. The molecule has 0 aromatic heterocycles. The SMILES string of the molecule is N#CC1=C(N)Oc2cc3c(cc2[C@@H]1c1cc(I)c(OCc2ccc(F)cc2)c(I)c1)OCO3. The number of halogens is 3. The van der Waals surface area contributed by atoms with Crippen LogP contribution in [0.1, 0.15) is 22.6 Å². The molecule has 5 rings (SSSR count). The average molecular weight is 668 g/mol. The molecule has 2 aliphatic rings. The third-order valence-corrected chi connectivity index (χ3v) is 6.96. The van der Waals surface area contributed by atoms with Crippen LogP contribution in [-0.2, 0) is 6.61 Å². The summed E-state index contributed by atoms with van der Waals surface area (Å²) in [4.78, 5) is 0. The summed E-state index contributed by atoms with van der Waals surface area (Å²) in [5, 5.41) is 9.86. The van der Waals surface area contributed by atoms with Crippen LogP contribution in [0.5, 0.6) is 23.0 Å². The maximum atomic E-state index is 13.2. The molecule has 9 heteroatoms. The molecule has 1 atom stereocenters. The van der Waals surface area contributed by atoms with Crippen molar-refractivity contribution in [2.24, 2.45) is 5.73 Å². The van der Waals surface area contributed by atoms with Gasteiger partial charge in [0.2, 0.25) is 12.7 Å². The molecule has 166 valence electrons. The largest absolute Gasteiger partial charge is 0.487 e. The predicted octanol–water partition coefficient (Wildman–Crippen LogP) is 5.56. The number of nitriles is 1. The molecule has 0 radical (unpaired) electrons. The van der Waals surface area contributed by atoms with Crippen LogP contribution in [0, 0.1) is 24.3 Å². The number of nitrogens with two attached hydrogens (primary N) is 1. The molecular weight excluding hydrogens is 653 g/mol. The van der Waals surface area contributed by atoms with Crippen molar-refractivity contribution in [2.45, 2.75) is 12.5 Å². The molecule has 0 saturated carbocycles. The van der Waals surface area contributed by atoms with Crippen molar-refractivity contribution < 1.29 is 23.3 Å². The molecule has 0 aliphatic carbocycles. The van der Waals surface area contributed by atoms with E-state index in [0.717, 1.165) is 29.6 Å². The van der Waals surface area contributed by atoms with Gasteiger partial charge in [-0.25, -0.2) is 4.39 Å². The number of nitrogens with zero attached hydrogens (tertiary/aromatic N) is 1. The van der Waals surface area contributed by atoms with E-state index in [4.69, 9.17) is 24.7 Å². The molecule has 0 spiro atoms. The molecule has 0 fully saturated rings. The molecule has 2 heterocycles. The van der Waals surface area contributed by atoms with Crippen molar-refractivity contribution in [1.82, 2.24) is 0 Å². The minimum atomic E-state index is -0.429. The Hall–Kier alpha value is -2.72. The predicted molar refractivity (Wildman–Crippen MR) is 134 cm³/mol. The Kier molecular flexibility index (Phi) is 5.96. The van der Waals surface area contributed by atoms with Crippen LogP contribution in [0.15, 0.2) is 60.0 Å². The lowest BCUT2D eigenvalue weighted by Crippen LogP contribution is -2.21. The molecule has 33 heavy (non-hydrogen) atoms. The van der Waals surface area contributed by atoms with Crippen LogP contribution in [0.3, 0.4) is 0 Å². The highest BCUT2D eigenvalue weighted by Crippen LogP contribution is 2.48. The summed E-state index contributed by atoms with van der Waals surface area (Å²) in [6.45, 7) is 0.443. The first kappa shape index (κ1) is 22.1. The van der Waals surface area contributed by atoms with E-state index in [2.05, 4.69) is 51.3 Å². The first-order valence-electron chi connectivity index (χ1n) is 9.82. The number of hydrogen-bond donors (Lipinski definition) is 1. The van der Waals surface area contributed by atoms with Gasteiger partial charge in [0, 0.05) is 11.6 Å². The number of hydrogen-bond acceptors (Lipinski definition) is 6. The number of ether oxygens (including phenoxy) is 4. The molecule has 3 aromatic carbocycles. The van der Waals surface area contributed by atoms with E-state index in [0.29, 0.717) is 29.4 Å². The smallest absolute Gasteiger partial charge is 0.231 e. The van der Waals surface area contributed by atoms with Crippen molar-refractivity contribution in [3.8, 4) is 29.1 Å². The van der Waals surface area contributed by atoms with Crippen molar-refractivity contribution in [3.63, 3.8) is 0 Å². The van der Waals surface area contributed by atoms with E-state index < -0.39 is 5.92 Å². The maximum Gasteiger partial charge on any atom is 0.231 e. The van der Waals surface area contributed by atoms with Gasteiger partial charge in [-0.3, -0.25) is 0 Å². The normalized spacial score (nSPS) is 16.1. The summed E-state index contributed by atoms with van der Waals surface area (Å²) in [6, 6.07) is 15.9. The Balaban J connectivity index is 1.52. The number of rotatable bonds is 4. The van der Waals surface area contributed by atoms with Gasteiger partial charge in [0.05, 0.1) is 13.1 Å². The summed E-state index contributed by atoms with van der Waals surface area (Å²) in [6.07, 6.45) is 0. The quantitative estimate of drug-likeness (QED) is 0.367. The van der Waals surface area contributed by atoms with E-state index in [1.807, 2.05) is 18.2 Å². The third-order valence-electron chi connectivity index (χ3n) is 5.36. The minimum absolute atomic E-state index is 0.0653. The number of allylic oxidation sites excluding steroid dienone is 1. The van der Waals surface area contributed by atoms with Crippen molar-refractivity contribution in [2.75, 3.05) is 6.79 Å². The highest BCUT2D eigenvalue weighted by Gasteiger charge is 2.34. The van der Waals surface area contributed by atoms with Crippen LogP contribution in [0.4, 0.5) is 4.39 Å². The zero-order valence-electron chi connectivity index (χ0n) is 16.9. The average Bonchev–Trinajstić information content (AvgIpc) is 3.24. The Morgan fingerprint density at radius 3 is 2.36 bits per heavy atom. The molecule has 0 unspecified atom stereocenters. The molecule has 0 bridgehead atoms. The van der Waals surface area contributed by atoms with Gasteiger partial charge in [-0.1, -0.05) is 12.1 Å². The zero-order valence-corrected chi connectivity index (χ0v) is 21.2. The highest BCUT2D eigenvalue weighted by atomic mass is 127. The molecule has 2 N–H and O–H groups in total. The van der Waals surface area contributed by atoms with Gasteiger partial charge < -0.3 is 24.7 Å². The summed E-state index contributed by atoms with van der Waals surface area (Å²) in [5.74, 6) is 1.78. The van der Waals surface area contributed by atoms with Crippen LogP contribution in [0.2, 0.25) is 0 Å². The van der Waals surface area contributed by atoms with Gasteiger partial charge in [0.15, 0.2) is 11.5 Å². The lowest BCUT2D eigenvalue weighted by atomic mass is 9.83. The first-order chi connectivity index (χ1) is 15.9. The van der Waals surface area contributed by atoms with Gasteiger partial charge in [-0.2, -0.15) is 5.26 Å². The molecule has 6 nitrogen and oxygen atoms in total. The van der Waals surface area contributed by atoms with Gasteiger partial charge in [0.25, 0.3) is 0 Å². The Morgan fingerprint density at radius 1 is 1.03 bits per heavy atom. The van der Waals surface area contributed by atoms with Gasteiger partial charge in [-0.15, -0.1) is 0 Å². The fourth-order valence-corrected chi connectivity index (χ4v) is 5.94. The van der Waals surface area contributed by atoms with Crippen LogP contribution in [0.25, 0.3) is 0 Å². The zero-order chi connectivity index (χ0) is 23.1. The molecule has 0 saturated heterocycles. The van der Waals surface area contributed by atoms with Gasteiger partial charge in [-0.05, 0) is 86.6 Å². The fourth-order valence-electron chi connectivity index (χ4n) is 3.81. The van der Waals surface area contributed by atoms with E-state index in [9.17, 15) is 9.65 Å². The van der Waals surface area contributed by atoms with E-state index in [1.54, 1.807) is 18.2 Å². The second-order valence-corrected chi connectivity index (χ2v) is 9.72. The Labute approximate surface area is 216 Å². The fraction of sp³-hybridized carbons (Fsp3) is 0.125. The summed E-state index contributed by atoms with van der Waals surface area (Å²) < 4.78 is 37.7. The molecule has 0 amide bonds. The number of fused-ring (bicyclic) bond motifs is 2. The minimum Gasteiger partial charge on any atom is -0.487 e. The van der Waals surface area contributed by atoms with E-state index >= 15 is 0 Å². The van der Waals surface area contributed by atoms with Crippen molar-refractivity contribution in [3.05, 3.63) is 89.6 Å². The van der Waals surface area contributed by atoms with Crippen molar-refractivity contribution >= 4 is 45.2 Å². The highest BCUT2D eigenvalue weighted by molar-refractivity contribution is 14.1. The van der Waals surface area contributed by atoms with Gasteiger partial charge in [0.1, 0.15) is 35.6 Å². The van der Waals surface area contributed by atoms with Crippen LogP contribution >= 0.6 is 45.2 Å². The topological polar surface area (TPSA) is 86.7 Å². The van der Waals surface area contributed by atoms with Gasteiger partial charge >= 0.3 is 0 Å². The van der Waals surface area contributed by atoms with Crippen LogP contribution in [-0.4, -0.2) is 6.79 Å². The Morgan fingerprint density at radius 2 is 1.70 bits per heavy atom. The van der Waals surface area contributed by atoms with E-state index in [1.165, 1.54) is 12.1 Å². The first-order valence-corrected chi connectivity index (χ1v) is 12.0. The Bertz CT molecular complexity index is 1310. The summed E-state index contributed by atoms with van der Waals surface area (Å²) >= 11 is 4.43. The third kappa shape index (κ3) is 4.17. The van der Waals surface area contributed by atoms with Crippen LogP contribution < -0.4 is 24.7 Å². The lowest BCUT2D eigenvalue weighted by Gasteiger charge is -2.27. The molecule has 3 aromatic rings. The standard InChI is InChI=1S/C24H15FI2N2O4/c25-14-3-1-12(2-4-14)10-30-23-17(26)5-13(6-18(23)27)22-15-7-20-21(32-11-31-20)8-19(15)33-24(29)16(22)9-28/h1-8,22H,10-11,29H2/t22-/m0/s1. The van der Waals surface area contributed by atoms with E-state index in [-0.39, 0.29) is 18.5 Å².